The van der Waals surface area contributed by atoms with E-state index in [1.165, 1.54) is 80.6 Å². The van der Waals surface area contributed by atoms with Gasteiger partial charge in [-0.05, 0) is 59.7 Å². The van der Waals surface area contributed by atoms with Crippen LogP contribution in [0.15, 0.2) is 158 Å². The first-order valence-electron chi connectivity index (χ1n) is 15.4. The highest BCUT2D eigenvalue weighted by Crippen LogP contribution is 2.43. The Hall–Kier alpha value is -5.64. The van der Waals surface area contributed by atoms with Gasteiger partial charge in [0.1, 0.15) is 0 Å². The number of hydrogen-bond donors (Lipinski definition) is 0. The van der Waals surface area contributed by atoms with Crippen molar-refractivity contribution in [3.63, 3.8) is 0 Å². The van der Waals surface area contributed by atoms with Gasteiger partial charge in [-0.25, -0.2) is 0 Å². The van der Waals surface area contributed by atoms with Crippen molar-refractivity contribution < 1.29 is 0 Å². The van der Waals surface area contributed by atoms with Crippen LogP contribution in [-0.4, -0.2) is 9.13 Å². The van der Waals surface area contributed by atoms with Gasteiger partial charge in [0.15, 0.2) is 0 Å². The highest BCUT2D eigenvalue weighted by atomic mass is 32.1. The van der Waals surface area contributed by atoms with Gasteiger partial charge >= 0.3 is 0 Å². The molecule has 3 heteroatoms. The Balaban J connectivity index is 1.28. The lowest BCUT2D eigenvalue weighted by atomic mass is 9.99. The quantitative estimate of drug-likeness (QED) is 0.194. The van der Waals surface area contributed by atoms with Crippen molar-refractivity contribution in [1.82, 2.24) is 9.13 Å². The fraction of sp³-hybridized carbons (Fsp3) is 0. The molecule has 7 aromatic carbocycles. The molecule has 0 saturated carbocycles. The van der Waals surface area contributed by atoms with E-state index in [1.807, 2.05) is 11.3 Å². The molecule has 0 atom stereocenters. The maximum Gasteiger partial charge on any atom is 0.0788 e. The molecule has 2 nitrogen and oxygen atoms in total. The molecule has 0 bridgehead atoms. The lowest BCUT2D eigenvalue weighted by Crippen LogP contribution is -1.98. The molecule has 10 aromatic rings. The summed E-state index contributed by atoms with van der Waals surface area (Å²) in [5.41, 5.74) is 9.73. The van der Waals surface area contributed by atoms with Crippen LogP contribution in [0, 0.1) is 0 Å². The van der Waals surface area contributed by atoms with Crippen molar-refractivity contribution in [1.29, 1.82) is 0 Å². The minimum atomic E-state index is 1.16. The molecule has 0 aliphatic heterocycles. The van der Waals surface area contributed by atoms with Crippen molar-refractivity contribution in [3.8, 4) is 22.5 Å². The highest BCUT2D eigenvalue weighted by Gasteiger charge is 2.21. The summed E-state index contributed by atoms with van der Waals surface area (Å²) in [6.07, 6.45) is 0. The molecule has 0 radical (unpaired) electrons. The third-order valence-electron chi connectivity index (χ3n) is 9.32. The zero-order chi connectivity index (χ0) is 29.5. The molecule has 0 amide bonds. The molecule has 0 saturated heterocycles. The Morgan fingerprint density at radius 3 is 1.56 bits per heavy atom. The van der Waals surface area contributed by atoms with Gasteiger partial charge in [0, 0.05) is 53.1 Å². The van der Waals surface area contributed by atoms with Crippen molar-refractivity contribution in [2.24, 2.45) is 0 Å². The van der Waals surface area contributed by atoms with E-state index in [2.05, 4.69) is 167 Å². The van der Waals surface area contributed by atoms with Gasteiger partial charge in [-0.3, -0.25) is 0 Å². The van der Waals surface area contributed by atoms with Crippen LogP contribution in [0.4, 0.5) is 0 Å². The maximum atomic E-state index is 2.47. The largest absolute Gasteiger partial charge is 0.307 e. The second-order valence-electron chi connectivity index (χ2n) is 11.7. The summed E-state index contributed by atoms with van der Waals surface area (Å²) in [7, 11) is 0. The average molecular weight is 591 g/mol. The van der Waals surface area contributed by atoms with E-state index in [9.17, 15) is 0 Å². The van der Waals surface area contributed by atoms with Crippen LogP contribution in [0.25, 0.3) is 86.3 Å². The number of aromatic nitrogens is 2. The third-order valence-corrected chi connectivity index (χ3v) is 10.5. The lowest BCUT2D eigenvalue weighted by molar-refractivity contribution is 1.15. The SMILES string of the molecule is c1ccc(-n2c3ccccc3c3ccc4c5ccccc5n(-c5ccc(-c6cccc7sc8ccccc8c67)cc5)c4c32)cc1. The first-order valence-corrected chi connectivity index (χ1v) is 16.2. The van der Waals surface area contributed by atoms with Gasteiger partial charge in [0.2, 0.25) is 0 Å². The molecule has 3 aromatic heterocycles. The standard InChI is InChI=1S/C42H26N2S/c1-2-11-28(12-3-1)43-36-17-7-4-13-31(36)33-25-26-34-32-14-5-8-18-37(32)44(42(34)41(33)43)29-23-21-27(22-24-29)30-16-10-20-39-40(30)35-15-6-9-19-38(35)45-39/h1-26H. The van der Waals surface area contributed by atoms with Gasteiger partial charge in [0.25, 0.3) is 0 Å². The summed E-state index contributed by atoms with van der Waals surface area (Å²) < 4.78 is 7.57. The number of benzene rings is 7. The van der Waals surface area contributed by atoms with Crippen LogP contribution in [0.3, 0.4) is 0 Å². The van der Waals surface area contributed by atoms with Crippen molar-refractivity contribution in [3.05, 3.63) is 158 Å². The van der Waals surface area contributed by atoms with Gasteiger partial charge in [-0.1, -0.05) is 109 Å². The van der Waals surface area contributed by atoms with Crippen LogP contribution in [0.2, 0.25) is 0 Å². The second kappa shape index (κ2) is 9.43. The molecule has 10 rings (SSSR count). The second-order valence-corrected chi connectivity index (χ2v) is 12.8. The van der Waals surface area contributed by atoms with Crippen LogP contribution in [0.5, 0.6) is 0 Å². The van der Waals surface area contributed by atoms with E-state index in [1.54, 1.807) is 0 Å². The number of thiophene rings is 1. The minimum absolute atomic E-state index is 1.16. The fourth-order valence-corrected chi connectivity index (χ4v) is 8.55. The lowest BCUT2D eigenvalue weighted by Gasteiger charge is -2.13. The van der Waals surface area contributed by atoms with Crippen LogP contribution in [-0.2, 0) is 0 Å². The molecule has 0 aliphatic carbocycles. The Morgan fingerprint density at radius 1 is 0.356 bits per heavy atom. The van der Waals surface area contributed by atoms with Crippen LogP contribution in [0.1, 0.15) is 0 Å². The minimum Gasteiger partial charge on any atom is -0.307 e. The maximum absolute atomic E-state index is 2.47. The number of rotatable bonds is 3. The van der Waals surface area contributed by atoms with Crippen LogP contribution >= 0.6 is 11.3 Å². The van der Waals surface area contributed by atoms with E-state index in [0.717, 1.165) is 5.69 Å². The third kappa shape index (κ3) is 3.50. The molecule has 0 unspecified atom stereocenters. The molecular weight excluding hydrogens is 565 g/mol. The summed E-state index contributed by atoms with van der Waals surface area (Å²) in [6, 6.07) is 57.6. The van der Waals surface area contributed by atoms with E-state index in [0.29, 0.717) is 0 Å². The predicted octanol–water partition coefficient (Wildman–Crippen LogP) is 11.9. The molecule has 45 heavy (non-hydrogen) atoms. The van der Waals surface area contributed by atoms with E-state index in [4.69, 9.17) is 0 Å². The Kier molecular flexibility index (Phi) is 5.19. The van der Waals surface area contributed by atoms with Gasteiger partial charge in [-0.15, -0.1) is 11.3 Å². The average Bonchev–Trinajstić information content (AvgIpc) is 3.76. The molecule has 210 valence electrons. The number of fused-ring (bicyclic) bond motifs is 10. The Bertz CT molecular complexity index is 2740. The van der Waals surface area contributed by atoms with Crippen molar-refractivity contribution in [2.75, 3.05) is 0 Å². The topological polar surface area (TPSA) is 9.86 Å². The molecular formula is C42H26N2S. The zero-order valence-corrected chi connectivity index (χ0v) is 25.1. The molecule has 0 aliphatic rings. The summed E-state index contributed by atoms with van der Waals surface area (Å²) in [4.78, 5) is 0. The monoisotopic (exact) mass is 590 g/mol. The smallest absolute Gasteiger partial charge is 0.0788 e. The summed E-state index contributed by atoms with van der Waals surface area (Å²) in [5, 5.41) is 7.72. The van der Waals surface area contributed by atoms with E-state index >= 15 is 0 Å². The summed E-state index contributed by atoms with van der Waals surface area (Å²) in [6.45, 7) is 0. The summed E-state index contributed by atoms with van der Waals surface area (Å²) >= 11 is 1.87. The number of para-hydroxylation sites is 3. The molecule has 3 heterocycles. The molecule has 0 fully saturated rings. The van der Waals surface area contributed by atoms with E-state index in [-0.39, 0.29) is 0 Å². The number of hydrogen-bond acceptors (Lipinski definition) is 1. The number of nitrogens with zero attached hydrogens (tertiary/aromatic N) is 2. The first-order chi connectivity index (χ1) is 22.3. The fourth-order valence-electron chi connectivity index (χ4n) is 7.42. The molecule has 0 N–H and O–H groups in total. The van der Waals surface area contributed by atoms with Crippen molar-refractivity contribution >= 4 is 75.1 Å². The normalized spacial score (nSPS) is 12.0. The van der Waals surface area contributed by atoms with E-state index < -0.39 is 0 Å². The molecule has 0 spiro atoms. The predicted molar refractivity (Wildman–Crippen MR) is 193 cm³/mol. The first kappa shape index (κ1) is 24.8. The summed E-state index contributed by atoms with van der Waals surface area (Å²) in [5.74, 6) is 0. The Labute approximate surface area is 263 Å². The Morgan fingerprint density at radius 2 is 0.889 bits per heavy atom. The zero-order valence-electron chi connectivity index (χ0n) is 24.3. The van der Waals surface area contributed by atoms with Gasteiger partial charge < -0.3 is 9.13 Å². The van der Waals surface area contributed by atoms with Crippen molar-refractivity contribution in [2.45, 2.75) is 0 Å². The van der Waals surface area contributed by atoms with Gasteiger partial charge in [-0.2, -0.15) is 0 Å². The highest BCUT2D eigenvalue weighted by molar-refractivity contribution is 7.25. The van der Waals surface area contributed by atoms with Crippen LogP contribution < -0.4 is 0 Å². The van der Waals surface area contributed by atoms with Gasteiger partial charge in [0.05, 0.1) is 22.1 Å².